The van der Waals surface area contributed by atoms with Crippen molar-refractivity contribution in [2.75, 3.05) is 7.11 Å². The van der Waals surface area contributed by atoms with Gasteiger partial charge in [0, 0.05) is 12.0 Å². The molecule has 2 aromatic carbocycles. The number of carbonyl (C=O) groups excluding carboxylic acids is 1. The molecule has 25 heavy (non-hydrogen) atoms. The largest absolute Gasteiger partial charge is 0.496 e. The Balaban J connectivity index is 1.65. The highest BCUT2D eigenvalue weighted by atomic mass is 16.6. The van der Waals surface area contributed by atoms with Crippen LogP contribution in [0.5, 0.6) is 5.75 Å². The first-order chi connectivity index (χ1) is 12.2. The maximum absolute atomic E-state index is 12.6. The molecule has 0 saturated carbocycles. The van der Waals surface area contributed by atoms with Crippen LogP contribution in [0.2, 0.25) is 0 Å². The lowest BCUT2D eigenvalue weighted by Gasteiger charge is -2.19. The number of para-hydroxylation sites is 1. The molecule has 1 aliphatic rings. The lowest BCUT2D eigenvalue weighted by Crippen LogP contribution is -2.37. The molecule has 0 aromatic heterocycles. The van der Waals surface area contributed by atoms with Gasteiger partial charge in [-0.2, -0.15) is 0 Å². The minimum Gasteiger partial charge on any atom is -0.496 e. The van der Waals surface area contributed by atoms with E-state index in [1.54, 1.807) is 7.11 Å². The first-order valence-electron chi connectivity index (χ1n) is 8.44. The van der Waals surface area contributed by atoms with Crippen molar-refractivity contribution in [3.63, 3.8) is 0 Å². The fraction of sp³-hybridized carbons (Fsp3) is 0.300. The molecule has 5 heteroatoms. The van der Waals surface area contributed by atoms with Crippen molar-refractivity contribution in [2.24, 2.45) is 5.16 Å². The standard InChI is InChI=1S/C20H22N2O3/c1-3-16(14-9-5-4-6-10-14)21-20(23)19-13-17(22-25-19)15-11-7-8-12-18(15)24-2/h4-12,16,19H,3,13H2,1-2H3,(H,21,23)/t16-,19+/m1/s1. The van der Waals surface area contributed by atoms with Crippen molar-refractivity contribution in [3.8, 4) is 5.75 Å². The minimum absolute atomic E-state index is 0.0346. The molecule has 0 saturated heterocycles. The van der Waals surface area contributed by atoms with E-state index in [2.05, 4.69) is 10.5 Å². The van der Waals surface area contributed by atoms with Crippen LogP contribution in [0.4, 0.5) is 0 Å². The molecule has 5 nitrogen and oxygen atoms in total. The Morgan fingerprint density at radius 2 is 1.96 bits per heavy atom. The summed E-state index contributed by atoms with van der Waals surface area (Å²) in [5, 5.41) is 7.16. The van der Waals surface area contributed by atoms with Crippen molar-refractivity contribution in [1.29, 1.82) is 0 Å². The summed E-state index contributed by atoms with van der Waals surface area (Å²) >= 11 is 0. The Labute approximate surface area is 147 Å². The van der Waals surface area contributed by atoms with Gasteiger partial charge in [-0.15, -0.1) is 0 Å². The monoisotopic (exact) mass is 338 g/mol. The summed E-state index contributed by atoms with van der Waals surface area (Å²) in [5.74, 6) is 0.575. The SMILES string of the molecule is CC[C@@H](NC(=O)[C@@H]1CC(c2ccccc2OC)=NO1)c1ccccc1. The molecule has 0 spiro atoms. The van der Waals surface area contributed by atoms with Gasteiger partial charge in [-0.25, -0.2) is 0 Å². The number of hydrogen-bond acceptors (Lipinski definition) is 4. The molecule has 2 aromatic rings. The summed E-state index contributed by atoms with van der Waals surface area (Å²) < 4.78 is 5.36. The number of benzene rings is 2. The van der Waals surface area contributed by atoms with E-state index in [-0.39, 0.29) is 11.9 Å². The molecule has 0 aliphatic carbocycles. The van der Waals surface area contributed by atoms with Crippen LogP contribution in [-0.2, 0) is 9.63 Å². The van der Waals surface area contributed by atoms with E-state index in [1.807, 2.05) is 61.5 Å². The van der Waals surface area contributed by atoms with Crippen LogP contribution in [0.1, 0.15) is 36.9 Å². The van der Waals surface area contributed by atoms with Crippen molar-refractivity contribution in [2.45, 2.75) is 31.9 Å². The molecule has 3 rings (SSSR count). The topological polar surface area (TPSA) is 59.9 Å². The number of methoxy groups -OCH3 is 1. The van der Waals surface area contributed by atoms with Crippen LogP contribution < -0.4 is 10.1 Å². The Kier molecular flexibility index (Phi) is 5.33. The van der Waals surface area contributed by atoms with Crippen LogP contribution in [0, 0.1) is 0 Å². The average molecular weight is 338 g/mol. The predicted octanol–water partition coefficient (Wildman–Crippen LogP) is 3.46. The highest BCUT2D eigenvalue weighted by molar-refractivity contribution is 6.05. The van der Waals surface area contributed by atoms with Gasteiger partial charge in [0.1, 0.15) is 5.75 Å². The first kappa shape index (κ1) is 17.0. The number of hydrogen-bond donors (Lipinski definition) is 1. The van der Waals surface area contributed by atoms with Gasteiger partial charge < -0.3 is 14.9 Å². The average Bonchev–Trinajstić information content (AvgIpc) is 3.16. The number of carbonyl (C=O) groups is 1. The molecule has 1 N–H and O–H groups in total. The van der Waals surface area contributed by atoms with Gasteiger partial charge in [0.25, 0.3) is 5.91 Å². The van der Waals surface area contributed by atoms with Crippen molar-refractivity contribution in [1.82, 2.24) is 5.32 Å². The Morgan fingerprint density at radius 3 is 2.68 bits per heavy atom. The summed E-state index contributed by atoms with van der Waals surface area (Å²) in [4.78, 5) is 18.0. The summed E-state index contributed by atoms with van der Waals surface area (Å²) in [5.41, 5.74) is 2.67. The second kappa shape index (κ2) is 7.83. The fourth-order valence-electron chi connectivity index (χ4n) is 2.93. The second-order valence-corrected chi connectivity index (χ2v) is 5.92. The number of rotatable bonds is 6. The maximum Gasteiger partial charge on any atom is 0.264 e. The third-order valence-corrected chi connectivity index (χ3v) is 4.31. The lowest BCUT2D eigenvalue weighted by molar-refractivity contribution is -0.132. The van der Waals surface area contributed by atoms with Crippen molar-refractivity contribution < 1.29 is 14.4 Å². The smallest absolute Gasteiger partial charge is 0.264 e. The molecule has 1 amide bonds. The molecule has 0 radical (unpaired) electrons. The van der Waals surface area contributed by atoms with Gasteiger partial charge >= 0.3 is 0 Å². The van der Waals surface area contributed by atoms with Gasteiger partial charge in [0.2, 0.25) is 6.10 Å². The first-order valence-corrected chi connectivity index (χ1v) is 8.44. The van der Waals surface area contributed by atoms with E-state index in [0.717, 1.165) is 29.0 Å². The Morgan fingerprint density at radius 1 is 1.24 bits per heavy atom. The zero-order chi connectivity index (χ0) is 17.6. The quantitative estimate of drug-likeness (QED) is 0.877. The van der Waals surface area contributed by atoms with E-state index in [4.69, 9.17) is 9.57 Å². The number of ether oxygens (including phenoxy) is 1. The number of nitrogens with one attached hydrogen (secondary N) is 1. The molecule has 0 unspecified atom stereocenters. The number of oxime groups is 1. The lowest BCUT2D eigenvalue weighted by atomic mass is 10.0. The molecule has 2 atom stereocenters. The van der Waals surface area contributed by atoms with E-state index in [0.29, 0.717) is 6.42 Å². The second-order valence-electron chi connectivity index (χ2n) is 5.92. The van der Waals surface area contributed by atoms with Gasteiger partial charge in [0.05, 0.1) is 18.9 Å². The Bertz CT molecular complexity index is 759. The predicted molar refractivity (Wildman–Crippen MR) is 96.6 cm³/mol. The zero-order valence-corrected chi connectivity index (χ0v) is 14.4. The molecule has 130 valence electrons. The highest BCUT2D eigenvalue weighted by Crippen LogP contribution is 2.25. The van der Waals surface area contributed by atoms with Crippen molar-refractivity contribution >= 4 is 11.6 Å². The van der Waals surface area contributed by atoms with Crippen LogP contribution in [0.15, 0.2) is 59.8 Å². The highest BCUT2D eigenvalue weighted by Gasteiger charge is 2.31. The number of nitrogens with zero attached hydrogens (tertiary/aromatic N) is 1. The summed E-state index contributed by atoms with van der Waals surface area (Å²) in [7, 11) is 1.62. The van der Waals surface area contributed by atoms with E-state index in [1.165, 1.54) is 0 Å². The normalized spacial score (nSPS) is 17.4. The van der Waals surface area contributed by atoms with Gasteiger partial charge in [0.15, 0.2) is 0 Å². The molecular weight excluding hydrogens is 316 g/mol. The molecule has 0 bridgehead atoms. The summed E-state index contributed by atoms with van der Waals surface area (Å²) in [6.07, 6.45) is 0.623. The van der Waals surface area contributed by atoms with Gasteiger partial charge in [-0.1, -0.05) is 54.5 Å². The fourth-order valence-corrected chi connectivity index (χ4v) is 2.93. The zero-order valence-electron chi connectivity index (χ0n) is 14.4. The maximum atomic E-state index is 12.6. The minimum atomic E-state index is -0.613. The molecule has 0 fully saturated rings. The number of amides is 1. The van der Waals surface area contributed by atoms with E-state index < -0.39 is 6.10 Å². The van der Waals surface area contributed by atoms with E-state index in [9.17, 15) is 4.79 Å². The molecule has 1 heterocycles. The van der Waals surface area contributed by atoms with Crippen LogP contribution in [-0.4, -0.2) is 24.8 Å². The third kappa shape index (κ3) is 3.82. The van der Waals surface area contributed by atoms with E-state index >= 15 is 0 Å². The van der Waals surface area contributed by atoms with Crippen LogP contribution in [0.3, 0.4) is 0 Å². The summed E-state index contributed by atoms with van der Waals surface area (Å²) in [6.45, 7) is 2.05. The molecule has 1 aliphatic heterocycles. The van der Waals surface area contributed by atoms with Gasteiger partial charge in [-0.05, 0) is 24.1 Å². The molecular formula is C20H22N2O3. The summed E-state index contributed by atoms with van der Waals surface area (Å²) in [6, 6.07) is 17.5. The Hall–Kier alpha value is -2.82. The van der Waals surface area contributed by atoms with Crippen molar-refractivity contribution in [3.05, 3.63) is 65.7 Å². The van der Waals surface area contributed by atoms with Gasteiger partial charge in [-0.3, -0.25) is 4.79 Å². The third-order valence-electron chi connectivity index (χ3n) is 4.31. The van der Waals surface area contributed by atoms with Crippen LogP contribution >= 0.6 is 0 Å². The van der Waals surface area contributed by atoms with Crippen LogP contribution in [0.25, 0.3) is 0 Å².